The molecule has 0 saturated carbocycles. The molecule has 0 saturated heterocycles. The summed E-state index contributed by atoms with van der Waals surface area (Å²) in [7, 11) is 0. The number of ether oxygens (including phenoxy) is 1. The van der Waals surface area contributed by atoms with E-state index in [0.29, 0.717) is 12.1 Å². The van der Waals surface area contributed by atoms with Gasteiger partial charge in [0, 0.05) is 12.1 Å². The number of esters is 1. The van der Waals surface area contributed by atoms with Gasteiger partial charge in [-0.2, -0.15) is 0 Å². The molecule has 136 valence electrons. The van der Waals surface area contributed by atoms with Crippen LogP contribution in [0.25, 0.3) is 0 Å². The van der Waals surface area contributed by atoms with Crippen molar-refractivity contribution in [1.29, 1.82) is 0 Å². The van der Waals surface area contributed by atoms with Gasteiger partial charge in [-0.15, -0.1) is 0 Å². The average molecular weight is 354 g/mol. The third kappa shape index (κ3) is 6.05. The van der Waals surface area contributed by atoms with Crippen LogP contribution in [0.3, 0.4) is 0 Å². The van der Waals surface area contributed by atoms with E-state index < -0.39 is 24.5 Å². The van der Waals surface area contributed by atoms with Crippen LogP contribution in [0.5, 0.6) is 0 Å². The summed E-state index contributed by atoms with van der Waals surface area (Å²) < 4.78 is 4.94. The first-order chi connectivity index (χ1) is 12.5. The van der Waals surface area contributed by atoms with E-state index in [4.69, 9.17) is 4.74 Å². The molecular formula is C20H22N2O4. The second-order valence-electron chi connectivity index (χ2n) is 5.93. The Kier molecular flexibility index (Phi) is 6.91. The van der Waals surface area contributed by atoms with Gasteiger partial charge in [-0.1, -0.05) is 48.0 Å². The second kappa shape index (κ2) is 9.36. The van der Waals surface area contributed by atoms with Crippen molar-refractivity contribution in [3.8, 4) is 0 Å². The predicted molar refractivity (Wildman–Crippen MR) is 97.4 cm³/mol. The fraction of sp³-hybridized carbons (Fsp3) is 0.250. The Morgan fingerprint density at radius 2 is 1.65 bits per heavy atom. The molecule has 1 atom stereocenters. The molecule has 0 aliphatic rings. The minimum atomic E-state index is -0.854. The normalized spacial score (nSPS) is 11.3. The first-order valence-corrected chi connectivity index (χ1v) is 8.30. The smallest absolute Gasteiger partial charge is 0.328 e. The Morgan fingerprint density at radius 3 is 2.31 bits per heavy atom. The standard InChI is InChI=1S/C20H22N2O4/c1-14-8-10-16(11-9-14)12-21-18(23)13-26-20(25)15(2)22-19(24)17-6-4-3-5-7-17/h3-11,15H,12-13H2,1-2H3,(H,21,23)(H,22,24)/t15-/m0/s1. The van der Waals surface area contributed by atoms with Crippen LogP contribution in [-0.4, -0.2) is 30.4 Å². The quantitative estimate of drug-likeness (QED) is 0.745. The lowest BCUT2D eigenvalue weighted by Gasteiger charge is -2.13. The summed E-state index contributed by atoms with van der Waals surface area (Å²) in [4.78, 5) is 35.7. The Balaban J connectivity index is 1.72. The van der Waals surface area contributed by atoms with E-state index in [2.05, 4.69) is 10.6 Å². The third-order valence-corrected chi connectivity index (χ3v) is 3.69. The molecule has 0 aliphatic heterocycles. The van der Waals surface area contributed by atoms with Crippen molar-refractivity contribution < 1.29 is 19.1 Å². The van der Waals surface area contributed by atoms with Crippen LogP contribution < -0.4 is 10.6 Å². The van der Waals surface area contributed by atoms with E-state index in [0.717, 1.165) is 11.1 Å². The number of hydrogen-bond acceptors (Lipinski definition) is 4. The maximum atomic E-state index is 12.0. The minimum absolute atomic E-state index is 0.358. The first kappa shape index (κ1) is 19.2. The van der Waals surface area contributed by atoms with Gasteiger partial charge in [0.2, 0.25) is 0 Å². The molecule has 2 amide bonds. The minimum Gasteiger partial charge on any atom is -0.454 e. The van der Waals surface area contributed by atoms with E-state index in [1.54, 1.807) is 30.3 Å². The van der Waals surface area contributed by atoms with Crippen LogP contribution in [0.4, 0.5) is 0 Å². The van der Waals surface area contributed by atoms with Gasteiger partial charge in [0.25, 0.3) is 11.8 Å². The summed E-state index contributed by atoms with van der Waals surface area (Å²) in [5.74, 6) is -1.45. The van der Waals surface area contributed by atoms with Gasteiger partial charge in [0.05, 0.1) is 0 Å². The molecule has 6 heteroatoms. The zero-order valence-corrected chi connectivity index (χ0v) is 14.8. The number of carbonyl (C=O) groups is 3. The third-order valence-electron chi connectivity index (χ3n) is 3.69. The highest BCUT2D eigenvalue weighted by Gasteiger charge is 2.18. The number of aryl methyl sites for hydroxylation is 1. The number of rotatable bonds is 7. The molecular weight excluding hydrogens is 332 g/mol. The molecule has 0 radical (unpaired) electrons. The van der Waals surface area contributed by atoms with Crippen molar-refractivity contribution in [2.24, 2.45) is 0 Å². The van der Waals surface area contributed by atoms with Crippen LogP contribution in [0.1, 0.15) is 28.4 Å². The molecule has 2 aromatic rings. The lowest BCUT2D eigenvalue weighted by molar-refractivity contribution is -0.150. The highest BCUT2D eigenvalue weighted by Crippen LogP contribution is 2.02. The van der Waals surface area contributed by atoms with E-state index in [-0.39, 0.29) is 5.91 Å². The lowest BCUT2D eigenvalue weighted by atomic mass is 10.1. The van der Waals surface area contributed by atoms with E-state index in [1.807, 2.05) is 31.2 Å². The highest BCUT2D eigenvalue weighted by molar-refractivity contribution is 5.96. The van der Waals surface area contributed by atoms with Gasteiger partial charge in [0.15, 0.2) is 6.61 Å². The summed E-state index contributed by atoms with van der Waals surface area (Å²) in [6, 6.07) is 15.4. The number of hydrogen-bond donors (Lipinski definition) is 2. The number of nitrogens with one attached hydrogen (secondary N) is 2. The first-order valence-electron chi connectivity index (χ1n) is 8.30. The number of carbonyl (C=O) groups excluding carboxylic acids is 3. The van der Waals surface area contributed by atoms with Crippen LogP contribution in [0.2, 0.25) is 0 Å². The Morgan fingerprint density at radius 1 is 1.00 bits per heavy atom. The molecule has 0 spiro atoms. The lowest BCUT2D eigenvalue weighted by Crippen LogP contribution is -2.40. The molecule has 0 aromatic heterocycles. The van der Waals surface area contributed by atoms with E-state index >= 15 is 0 Å². The molecule has 0 fully saturated rings. The maximum absolute atomic E-state index is 12.0. The van der Waals surface area contributed by atoms with Crippen molar-refractivity contribution in [1.82, 2.24) is 10.6 Å². The molecule has 6 nitrogen and oxygen atoms in total. The van der Waals surface area contributed by atoms with Gasteiger partial charge >= 0.3 is 5.97 Å². The second-order valence-corrected chi connectivity index (χ2v) is 5.93. The average Bonchev–Trinajstić information content (AvgIpc) is 2.66. The monoisotopic (exact) mass is 354 g/mol. The SMILES string of the molecule is Cc1ccc(CNC(=O)COC(=O)[C@H](C)NC(=O)c2ccccc2)cc1. The van der Waals surface area contributed by atoms with Crippen molar-refractivity contribution in [3.63, 3.8) is 0 Å². The van der Waals surface area contributed by atoms with Crippen LogP contribution in [0.15, 0.2) is 54.6 Å². The molecule has 0 unspecified atom stereocenters. The summed E-state index contributed by atoms with van der Waals surface area (Å²) in [6.45, 7) is 3.46. The number of amides is 2. The topological polar surface area (TPSA) is 84.5 Å². The van der Waals surface area contributed by atoms with E-state index in [9.17, 15) is 14.4 Å². The fourth-order valence-corrected chi connectivity index (χ4v) is 2.15. The van der Waals surface area contributed by atoms with Gasteiger partial charge in [-0.25, -0.2) is 4.79 Å². The molecule has 26 heavy (non-hydrogen) atoms. The summed E-state index contributed by atoms with van der Waals surface area (Å²) in [6.07, 6.45) is 0. The van der Waals surface area contributed by atoms with E-state index in [1.165, 1.54) is 6.92 Å². The molecule has 2 aromatic carbocycles. The van der Waals surface area contributed by atoms with Gasteiger partial charge in [-0.05, 0) is 31.5 Å². The largest absolute Gasteiger partial charge is 0.454 e. The zero-order chi connectivity index (χ0) is 18.9. The van der Waals surface area contributed by atoms with Gasteiger partial charge in [0.1, 0.15) is 6.04 Å². The predicted octanol–water partition coefficient (Wildman–Crippen LogP) is 1.97. The summed E-state index contributed by atoms with van der Waals surface area (Å²) in [5.41, 5.74) is 2.54. The molecule has 0 aliphatic carbocycles. The van der Waals surface area contributed by atoms with Crippen LogP contribution >= 0.6 is 0 Å². The van der Waals surface area contributed by atoms with Crippen LogP contribution in [0, 0.1) is 6.92 Å². The molecule has 0 bridgehead atoms. The molecule has 2 rings (SSSR count). The highest BCUT2D eigenvalue weighted by atomic mass is 16.5. The zero-order valence-electron chi connectivity index (χ0n) is 14.8. The van der Waals surface area contributed by atoms with Crippen molar-refractivity contribution >= 4 is 17.8 Å². The van der Waals surface area contributed by atoms with Crippen LogP contribution in [-0.2, 0) is 20.9 Å². The fourth-order valence-electron chi connectivity index (χ4n) is 2.15. The maximum Gasteiger partial charge on any atom is 0.328 e. The van der Waals surface area contributed by atoms with Crippen molar-refractivity contribution in [3.05, 3.63) is 71.3 Å². The Labute approximate surface area is 152 Å². The Bertz CT molecular complexity index is 757. The van der Waals surface area contributed by atoms with Crippen molar-refractivity contribution in [2.45, 2.75) is 26.4 Å². The van der Waals surface area contributed by atoms with Crippen molar-refractivity contribution in [2.75, 3.05) is 6.61 Å². The summed E-state index contributed by atoms with van der Waals surface area (Å²) in [5, 5.41) is 5.21. The Hall–Kier alpha value is -3.15. The molecule has 2 N–H and O–H groups in total. The van der Waals surface area contributed by atoms with Gasteiger partial charge < -0.3 is 15.4 Å². The van der Waals surface area contributed by atoms with Gasteiger partial charge in [-0.3, -0.25) is 9.59 Å². The number of benzene rings is 2. The molecule has 0 heterocycles. The summed E-state index contributed by atoms with van der Waals surface area (Å²) >= 11 is 0.